The van der Waals surface area contributed by atoms with Gasteiger partial charge in [0.2, 0.25) is 0 Å². The second-order valence-electron chi connectivity index (χ2n) is 5.82. The van der Waals surface area contributed by atoms with Crippen molar-refractivity contribution in [1.82, 2.24) is 14.8 Å². The van der Waals surface area contributed by atoms with Gasteiger partial charge in [0, 0.05) is 43.8 Å². The Labute approximate surface area is 136 Å². The van der Waals surface area contributed by atoms with Crippen molar-refractivity contribution in [1.29, 1.82) is 0 Å². The number of nitrogen functional groups attached to an aromatic ring is 1. The van der Waals surface area contributed by atoms with Gasteiger partial charge in [0.25, 0.3) is 0 Å². The molecule has 0 aromatic carbocycles. The third-order valence-electron chi connectivity index (χ3n) is 4.17. The van der Waals surface area contributed by atoms with E-state index in [-0.39, 0.29) is 12.4 Å². The van der Waals surface area contributed by atoms with Crippen molar-refractivity contribution in [3.05, 3.63) is 11.1 Å². The monoisotopic (exact) mass is 332 g/mol. The van der Waals surface area contributed by atoms with Crippen LogP contribution in [0.15, 0.2) is 6.20 Å². The second kappa shape index (κ2) is 8.29. The highest BCUT2D eigenvalue weighted by atomic mass is 35.5. The molecule has 3 heterocycles. The van der Waals surface area contributed by atoms with E-state index in [4.69, 9.17) is 10.5 Å². The molecule has 1 aromatic heterocycles. The number of nitrogens with two attached hydrogens (primary N) is 1. The number of aromatic nitrogens is 1. The maximum Gasteiger partial charge on any atom is 0.180 e. The summed E-state index contributed by atoms with van der Waals surface area (Å²) in [6.45, 7) is 8.64. The number of nitrogens with zero attached hydrogens (tertiary/aromatic N) is 3. The molecule has 2 N–H and O–H groups in total. The van der Waals surface area contributed by atoms with Crippen molar-refractivity contribution in [2.75, 3.05) is 51.7 Å². The number of thiazole rings is 1. The van der Waals surface area contributed by atoms with E-state index in [0.717, 1.165) is 38.8 Å². The Bertz CT molecular complexity index is 425. The number of halogens is 1. The molecule has 2 aliphatic rings. The van der Waals surface area contributed by atoms with Crippen molar-refractivity contribution >= 4 is 28.9 Å². The van der Waals surface area contributed by atoms with Crippen LogP contribution in [0.3, 0.4) is 0 Å². The number of hydrogen-bond acceptors (Lipinski definition) is 6. The predicted octanol–water partition coefficient (Wildman–Crippen LogP) is 1.69. The van der Waals surface area contributed by atoms with E-state index in [0.29, 0.717) is 5.13 Å². The van der Waals surface area contributed by atoms with Gasteiger partial charge in [0.05, 0.1) is 13.2 Å². The molecule has 2 aliphatic heterocycles. The summed E-state index contributed by atoms with van der Waals surface area (Å²) in [6, 6.07) is 0. The van der Waals surface area contributed by atoms with Crippen molar-refractivity contribution in [3.8, 4) is 0 Å². The van der Waals surface area contributed by atoms with Gasteiger partial charge < -0.3 is 10.5 Å². The smallest absolute Gasteiger partial charge is 0.180 e. The largest absolute Gasteiger partial charge is 0.379 e. The normalized spacial score (nSPS) is 24.7. The van der Waals surface area contributed by atoms with Crippen LogP contribution in [0.4, 0.5) is 5.13 Å². The van der Waals surface area contributed by atoms with E-state index in [9.17, 15) is 0 Å². The lowest BCUT2D eigenvalue weighted by Crippen LogP contribution is -2.44. The molecule has 0 saturated carbocycles. The van der Waals surface area contributed by atoms with Gasteiger partial charge in [-0.3, -0.25) is 9.80 Å². The fourth-order valence-electron chi connectivity index (χ4n) is 3.21. The van der Waals surface area contributed by atoms with Crippen LogP contribution in [-0.4, -0.2) is 60.7 Å². The fourth-order valence-corrected chi connectivity index (χ4v) is 3.94. The van der Waals surface area contributed by atoms with Gasteiger partial charge in [0.1, 0.15) is 0 Å². The molecule has 3 rings (SSSR count). The highest BCUT2D eigenvalue weighted by Gasteiger charge is 2.23. The lowest BCUT2D eigenvalue weighted by molar-refractivity contribution is 0.0225. The van der Waals surface area contributed by atoms with Gasteiger partial charge in [-0.2, -0.15) is 0 Å². The Hall–Kier alpha value is -0.400. The zero-order chi connectivity index (χ0) is 13.8. The van der Waals surface area contributed by atoms with Crippen LogP contribution < -0.4 is 5.73 Å². The molecule has 21 heavy (non-hydrogen) atoms. The Morgan fingerprint density at radius 1 is 1.29 bits per heavy atom. The number of ether oxygens (including phenoxy) is 1. The van der Waals surface area contributed by atoms with Gasteiger partial charge in [-0.1, -0.05) is 0 Å². The summed E-state index contributed by atoms with van der Waals surface area (Å²) in [6.07, 6.45) is 4.59. The highest BCUT2D eigenvalue weighted by Crippen LogP contribution is 2.22. The van der Waals surface area contributed by atoms with E-state index < -0.39 is 0 Å². The maximum atomic E-state index is 5.71. The number of likely N-dealkylation sites (tertiary alicyclic amines) is 1. The van der Waals surface area contributed by atoms with Crippen LogP contribution in [0.2, 0.25) is 0 Å². The minimum atomic E-state index is 0. The quantitative estimate of drug-likeness (QED) is 0.909. The molecular weight excluding hydrogens is 308 g/mol. The first-order valence-corrected chi connectivity index (χ1v) is 8.34. The number of anilines is 1. The Morgan fingerprint density at radius 3 is 2.81 bits per heavy atom. The number of piperidine rings is 1. The molecule has 0 bridgehead atoms. The van der Waals surface area contributed by atoms with E-state index in [1.807, 2.05) is 6.20 Å². The van der Waals surface area contributed by atoms with Crippen LogP contribution in [0.1, 0.15) is 17.7 Å². The maximum absolute atomic E-state index is 5.71. The average molecular weight is 333 g/mol. The van der Waals surface area contributed by atoms with Crippen molar-refractivity contribution in [3.63, 3.8) is 0 Å². The summed E-state index contributed by atoms with van der Waals surface area (Å²) >= 11 is 1.62. The first-order chi connectivity index (χ1) is 9.79. The zero-order valence-corrected chi connectivity index (χ0v) is 14.0. The number of rotatable bonds is 4. The van der Waals surface area contributed by atoms with Crippen LogP contribution in [-0.2, 0) is 11.3 Å². The second-order valence-corrected chi connectivity index (χ2v) is 6.97. The SMILES string of the molecule is Cl.Nc1ncc(CN2CCC[C@@H](CN3CCOCC3)C2)s1. The first-order valence-electron chi connectivity index (χ1n) is 7.52. The summed E-state index contributed by atoms with van der Waals surface area (Å²) in [7, 11) is 0. The van der Waals surface area contributed by atoms with Crippen LogP contribution in [0, 0.1) is 5.92 Å². The zero-order valence-electron chi connectivity index (χ0n) is 12.4. The molecule has 2 fully saturated rings. The average Bonchev–Trinajstić information content (AvgIpc) is 2.86. The van der Waals surface area contributed by atoms with Gasteiger partial charge >= 0.3 is 0 Å². The van der Waals surface area contributed by atoms with Crippen LogP contribution in [0.25, 0.3) is 0 Å². The van der Waals surface area contributed by atoms with Gasteiger partial charge in [-0.15, -0.1) is 23.7 Å². The summed E-state index contributed by atoms with van der Waals surface area (Å²) in [5.74, 6) is 0.798. The molecule has 1 aromatic rings. The molecule has 120 valence electrons. The molecule has 0 radical (unpaired) electrons. The Morgan fingerprint density at radius 2 is 2.10 bits per heavy atom. The van der Waals surface area contributed by atoms with Crippen molar-refractivity contribution in [2.45, 2.75) is 19.4 Å². The molecule has 7 heteroatoms. The highest BCUT2D eigenvalue weighted by molar-refractivity contribution is 7.15. The topological polar surface area (TPSA) is 54.6 Å². The Balaban J connectivity index is 0.00000161. The molecule has 0 aliphatic carbocycles. The summed E-state index contributed by atoms with van der Waals surface area (Å²) < 4.78 is 5.42. The molecule has 0 unspecified atom stereocenters. The minimum Gasteiger partial charge on any atom is -0.379 e. The van der Waals surface area contributed by atoms with Gasteiger partial charge in [0.15, 0.2) is 5.13 Å². The molecule has 0 spiro atoms. The number of hydrogen-bond donors (Lipinski definition) is 1. The molecule has 5 nitrogen and oxygen atoms in total. The standard InChI is InChI=1S/C14H24N4OS.ClH/c15-14-16-8-13(20-14)11-18-3-1-2-12(10-18)9-17-4-6-19-7-5-17;/h8,12H,1-7,9-11H2,(H2,15,16);1H/t12-;/m0./s1. The predicted molar refractivity (Wildman–Crippen MR) is 89.0 cm³/mol. The fraction of sp³-hybridized carbons (Fsp3) is 0.786. The number of morpholine rings is 1. The lowest BCUT2D eigenvalue weighted by atomic mass is 9.97. The molecule has 2 saturated heterocycles. The molecular formula is C14H25ClN4OS. The van der Waals surface area contributed by atoms with E-state index in [2.05, 4.69) is 14.8 Å². The van der Waals surface area contributed by atoms with Crippen LogP contribution in [0.5, 0.6) is 0 Å². The summed E-state index contributed by atoms with van der Waals surface area (Å²) in [5, 5.41) is 0.682. The Kier molecular flexibility index (Phi) is 6.70. The van der Waals surface area contributed by atoms with Crippen molar-refractivity contribution < 1.29 is 4.74 Å². The third-order valence-corrected chi connectivity index (χ3v) is 4.99. The summed E-state index contributed by atoms with van der Waals surface area (Å²) in [4.78, 5) is 10.5. The van der Waals surface area contributed by atoms with E-state index >= 15 is 0 Å². The lowest BCUT2D eigenvalue weighted by Gasteiger charge is -2.36. The van der Waals surface area contributed by atoms with Crippen molar-refractivity contribution in [2.24, 2.45) is 5.92 Å². The van der Waals surface area contributed by atoms with Gasteiger partial charge in [-0.05, 0) is 25.3 Å². The molecule has 1 atom stereocenters. The molecule has 0 amide bonds. The third kappa shape index (κ3) is 5.07. The minimum absolute atomic E-state index is 0. The van der Waals surface area contributed by atoms with Crippen LogP contribution >= 0.6 is 23.7 Å². The van der Waals surface area contributed by atoms with Gasteiger partial charge in [-0.25, -0.2) is 4.98 Å². The summed E-state index contributed by atoms with van der Waals surface area (Å²) in [5.41, 5.74) is 5.71. The van der Waals surface area contributed by atoms with E-state index in [1.54, 1.807) is 11.3 Å². The van der Waals surface area contributed by atoms with E-state index in [1.165, 1.54) is 37.4 Å². The first kappa shape index (κ1) is 17.0.